The Morgan fingerprint density at radius 3 is 2.44 bits per heavy atom. The molecule has 94 valence electrons. The zero-order chi connectivity index (χ0) is 12.4. The number of rotatable bonds is 2. The smallest absolute Gasteiger partial charge is 0.208 e. The summed E-state index contributed by atoms with van der Waals surface area (Å²) in [5.41, 5.74) is 7.55. The Morgan fingerprint density at radius 2 is 1.72 bits per heavy atom. The van der Waals surface area contributed by atoms with Crippen molar-refractivity contribution in [3.8, 4) is 10.6 Å². The van der Waals surface area contributed by atoms with Gasteiger partial charge < -0.3 is 10.6 Å². The van der Waals surface area contributed by atoms with Gasteiger partial charge in [0, 0.05) is 24.3 Å². The number of anilines is 2. The Balaban J connectivity index is 1.82. The van der Waals surface area contributed by atoms with Gasteiger partial charge in [-0.3, -0.25) is 0 Å². The summed E-state index contributed by atoms with van der Waals surface area (Å²) in [5.74, 6) is 0. The van der Waals surface area contributed by atoms with Gasteiger partial charge in [0.15, 0.2) is 0 Å². The van der Waals surface area contributed by atoms with E-state index in [1.54, 1.807) is 11.3 Å². The Hall–Kier alpha value is -1.62. The van der Waals surface area contributed by atoms with Gasteiger partial charge in [0.2, 0.25) is 5.13 Å². The minimum Gasteiger partial charge on any atom is -0.399 e. The van der Waals surface area contributed by atoms with Gasteiger partial charge in [-0.2, -0.15) is 0 Å². The number of nitrogens with zero attached hydrogens (tertiary/aromatic N) is 3. The Bertz CT molecular complexity index is 514. The van der Waals surface area contributed by atoms with Gasteiger partial charge in [-0.05, 0) is 43.5 Å². The van der Waals surface area contributed by atoms with E-state index in [2.05, 4.69) is 15.1 Å². The molecule has 18 heavy (non-hydrogen) atoms. The molecule has 1 saturated heterocycles. The van der Waals surface area contributed by atoms with E-state index >= 15 is 0 Å². The third-order valence-electron chi connectivity index (χ3n) is 3.20. The zero-order valence-electron chi connectivity index (χ0n) is 10.2. The molecule has 1 aromatic heterocycles. The molecule has 4 nitrogen and oxygen atoms in total. The van der Waals surface area contributed by atoms with Crippen LogP contribution in [0.4, 0.5) is 10.8 Å². The van der Waals surface area contributed by atoms with Gasteiger partial charge in [0.1, 0.15) is 5.01 Å². The lowest BCUT2D eigenvalue weighted by Gasteiger charge is -2.25. The minimum atomic E-state index is 0.777. The van der Waals surface area contributed by atoms with Gasteiger partial charge in [-0.15, -0.1) is 10.2 Å². The summed E-state index contributed by atoms with van der Waals surface area (Å²) in [6.07, 6.45) is 3.85. The molecule has 2 heterocycles. The average molecular weight is 260 g/mol. The van der Waals surface area contributed by atoms with Crippen LogP contribution in [0.5, 0.6) is 0 Å². The summed E-state index contributed by atoms with van der Waals surface area (Å²) in [6.45, 7) is 2.22. The predicted octanol–water partition coefficient (Wildman–Crippen LogP) is 2.78. The van der Waals surface area contributed by atoms with E-state index in [0.29, 0.717) is 0 Å². The number of nitrogen functional groups attached to an aromatic ring is 1. The van der Waals surface area contributed by atoms with E-state index < -0.39 is 0 Å². The quantitative estimate of drug-likeness (QED) is 0.844. The SMILES string of the molecule is Nc1ccc(-c2nnc(N3CCCCC3)s2)cc1. The van der Waals surface area contributed by atoms with E-state index in [4.69, 9.17) is 5.73 Å². The summed E-state index contributed by atoms with van der Waals surface area (Å²) in [6, 6.07) is 7.79. The topological polar surface area (TPSA) is 55.0 Å². The Morgan fingerprint density at radius 1 is 1.00 bits per heavy atom. The number of hydrogen-bond donors (Lipinski definition) is 1. The van der Waals surface area contributed by atoms with Crippen LogP contribution in [0.15, 0.2) is 24.3 Å². The number of aromatic nitrogens is 2. The summed E-state index contributed by atoms with van der Waals surface area (Å²) in [5, 5.41) is 10.6. The minimum absolute atomic E-state index is 0.777. The van der Waals surface area contributed by atoms with Gasteiger partial charge in [-0.25, -0.2) is 0 Å². The fraction of sp³-hybridized carbons (Fsp3) is 0.385. The fourth-order valence-electron chi connectivity index (χ4n) is 2.17. The molecule has 0 unspecified atom stereocenters. The van der Waals surface area contributed by atoms with Crippen LogP contribution in [-0.4, -0.2) is 23.3 Å². The highest BCUT2D eigenvalue weighted by Crippen LogP contribution is 2.30. The second kappa shape index (κ2) is 4.94. The maximum absolute atomic E-state index is 5.69. The standard InChI is InChI=1S/C13H16N4S/c14-11-6-4-10(5-7-11)12-15-16-13(18-12)17-8-2-1-3-9-17/h4-7H,1-3,8-9,14H2. The zero-order valence-corrected chi connectivity index (χ0v) is 11.0. The van der Waals surface area contributed by atoms with Gasteiger partial charge >= 0.3 is 0 Å². The Kier molecular flexibility index (Phi) is 3.15. The van der Waals surface area contributed by atoms with Crippen molar-refractivity contribution in [2.45, 2.75) is 19.3 Å². The summed E-state index contributed by atoms with van der Waals surface area (Å²) >= 11 is 1.66. The van der Waals surface area contributed by atoms with Crippen molar-refractivity contribution in [1.82, 2.24) is 10.2 Å². The Labute approximate surface area is 110 Å². The summed E-state index contributed by atoms with van der Waals surface area (Å²) in [4.78, 5) is 2.34. The molecule has 0 aliphatic carbocycles. The van der Waals surface area contributed by atoms with Crippen molar-refractivity contribution < 1.29 is 0 Å². The first-order valence-electron chi connectivity index (χ1n) is 6.27. The van der Waals surface area contributed by atoms with E-state index in [9.17, 15) is 0 Å². The molecule has 2 N–H and O–H groups in total. The second-order valence-corrected chi connectivity index (χ2v) is 5.52. The normalized spacial score (nSPS) is 15.9. The molecular weight excluding hydrogens is 244 g/mol. The van der Waals surface area contributed by atoms with Gasteiger partial charge in [0.25, 0.3) is 0 Å². The van der Waals surface area contributed by atoms with Crippen LogP contribution < -0.4 is 10.6 Å². The van der Waals surface area contributed by atoms with Crippen LogP contribution in [0.3, 0.4) is 0 Å². The number of nitrogens with two attached hydrogens (primary N) is 1. The van der Waals surface area contributed by atoms with E-state index in [0.717, 1.165) is 34.5 Å². The third-order valence-corrected chi connectivity index (χ3v) is 4.23. The van der Waals surface area contributed by atoms with Crippen molar-refractivity contribution in [2.75, 3.05) is 23.7 Å². The van der Waals surface area contributed by atoms with Crippen molar-refractivity contribution in [3.63, 3.8) is 0 Å². The molecule has 1 fully saturated rings. The van der Waals surface area contributed by atoms with Crippen LogP contribution in [0.2, 0.25) is 0 Å². The van der Waals surface area contributed by atoms with Crippen molar-refractivity contribution in [1.29, 1.82) is 0 Å². The fourth-order valence-corrected chi connectivity index (χ4v) is 3.07. The summed E-state index contributed by atoms with van der Waals surface area (Å²) in [7, 11) is 0. The molecule has 0 saturated carbocycles. The number of piperidine rings is 1. The van der Waals surface area contributed by atoms with Crippen LogP contribution >= 0.6 is 11.3 Å². The maximum Gasteiger partial charge on any atom is 0.208 e. The van der Waals surface area contributed by atoms with Gasteiger partial charge in [0.05, 0.1) is 0 Å². The largest absolute Gasteiger partial charge is 0.399 e. The third kappa shape index (κ3) is 2.31. The number of benzene rings is 1. The number of hydrogen-bond acceptors (Lipinski definition) is 5. The van der Waals surface area contributed by atoms with Crippen LogP contribution in [0, 0.1) is 0 Å². The maximum atomic E-state index is 5.69. The summed E-state index contributed by atoms with van der Waals surface area (Å²) < 4.78 is 0. The molecule has 1 aromatic carbocycles. The predicted molar refractivity (Wildman–Crippen MR) is 75.8 cm³/mol. The highest BCUT2D eigenvalue weighted by Gasteiger charge is 2.15. The molecule has 2 aromatic rings. The lowest BCUT2D eigenvalue weighted by molar-refractivity contribution is 0.575. The second-order valence-electron chi connectivity index (χ2n) is 4.56. The molecular formula is C13H16N4S. The highest BCUT2D eigenvalue weighted by atomic mass is 32.1. The molecule has 5 heteroatoms. The van der Waals surface area contributed by atoms with Crippen LogP contribution in [0.25, 0.3) is 10.6 Å². The molecule has 0 bridgehead atoms. The monoisotopic (exact) mass is 260 g/mol. The van der Waals surface area contributed by atoms with E-state index in [1.165, 1.54) is 19.3 Å². The lowest BCUT2D eigenvalue weighted by Crippen LogP contribution is -2.29. The lowest BCUT2D eigenvalue weighted by atomic mass is 10.1. The molecule has 0 spiro atoms. The molecule has 1 aliphatic heterocycles. The first-order chi connectivity index (χ1) is 8.83. The molecule has 0 atom stereocenters. The van der Waals surface area contributed by atoms with E-state index in [-0.39, 0.29) is 0 Å². The average Bonchev–Trinajstić information content (AvgIpc) is 2.90. The van der Waals surface area contributed by atoms with Crippen LogP contribution in [-0.2, 0) is 0 Å². The van der Waals surface area contributed by atoms with Crippen molar-refractivity contribution >= 4 is 22.2 Å². The first kappa shape index (κ1) is 11.5. The highest BCUT2D eigenvalue weighted by molar-refractivity contribution is 7.18. The molecule has 0 amide bonds. The van der Waals surface area contributed by atoms with Crippen LogP contribution in [0.1, 0.15) is 19.3 Å². The molecule has 0 radical (unpaired) electrons. The van der Waals surface area contributed by atoms with E-state index in [1.807, 2.05) is 24.3 Å². The van der Waals surface area contributed by atoms with Crippen molar-refractivity contribution in [2.24, 2.45) is 0 Å². The van der Waals surface area contributed by atoms with Gasteiger partial charge in [-0.1, -0.05) is 11.3 Å². The first-order valence-corrected chi connectivity index (χ1v) is 7.09. The van der Waals surface area contributed by atoms with Crippen molar-refractivity contribution in [3.05, 3.63) is 24.3 Å². The molecule has 1 aliphatic rings. The molecule has 3 rings (SSSR count).